The van der Waals surface area contributed by atoms with Crippen molar-refractivity contribution in [2.75, 3.05) is 11.9 Å². The summed E-state index contributed by atoms with van der Waals surface area (Å²) in [7, 11) is 0. The number of ether oxygens (including phenoxy) is 1. The molecule has 2 heterocycles. The van der Waals surface area contributed by atoms with Crippen LogP contribution in [0.1, 0.15) is 45.2 Å². The average Bonchev–Trinajstić information content (AvgIpc) is 2.41. The monoisotopic (exact) mass is 263 g/mol. The Kier molecular flexibility index (Phi) is 5.14. The fourth-order valence-electron chi connectivity index (χ4n) is 2.80. The van der Waals surface area contributed by atoms with Gasteiger partial charge < -0.3 is 10.1 Å². The first kappa shape index (κ1) is 14.3. The molecule has 0 spiro atoms. The minimum absolute atomic E-state index is 0.381. The highest BCUT2D eigenvalue weighted by molar-refractivity contribution is 5.26. The van der Waals surface area contributed by atoms with E-state index in [1.54, 1.807) is 0 Å². The summed E-state index contributed by atoms with van der Waals surface area (Å²) in [6, 6.07) is 2.35. The Morgan fingerprint density at radius 1 is 1.42 bits per heavy atom. The number of nitrogens with zero attached hydrogens (tertiary/aromatic N) is 2. The quantitative estimate of drug-likeness (QED) is 0.886. The molecule has 1 fully saturated rings. The SMILES string of the molecule is CCC(CC)C1CC(Nc2nccc(C)n2)CCO1. The summed E-state index contributed by atoms with van der Waals surface area (Å²) in [4.78, 5) is 8.70. The van der Waals surface area contributed by atoms with Crippen molar-refractivity contribution in [1.82, 2.24) is 9.97 Å². The van der Waals surface area contributed by atoms with Crippen molar-refractivity contribution < 1.29 is 4.74 Å². The molecule has 2 unspecified atom stereocenters. The molecule has 0 amide bonds. The summed E-state index contributed by atoms with van der Waals surface area (Å²) >= 11 is 0. The molecule has 1 aromatic rings. The molecule has 1 N–H and O–H groups in total. The van der Waals surface area contributed by atoms with Crippen molar-refractivity contribution in [2.45, 2.75) is 58.6 Å². The van der Waals surface area contributed by atoms with Gasteiger partial charge in [-0.2, -0.15) is 0 Å². The molecular formula is C15H25N3O. The summed E-state index contributed by atoms with van der Waals surface area (Å²) in [6.45, 7) is 7.32. The van der Waals surface area contributed by atoms with Crippen molar-refractivity contribution in [2.24, 2.45) is 5.92 Å². The van der Waals surface area contributed by atoms with Gasteiger partial charge in [0.1, 0.15) is 0 Å². The Bertz CT molecular complexity index is 393. The minimum Gasteiger partial charge on any atom is -0.378 e. The number of nitrogens with one attached hydrogen (secondary N) is 1. The number of aryl methyl sites for hydroxylation is 1. The first-order valence-corrected chi connectivity index (χ1v) is 7.40. The predicted molar refractivity (Wildman–Crippen MR) is 77.2 cm³/mol. The van der Waals surface area contributed by atoms with Crippen LogP contribution in [-0.2, 0) is 4.74 Å². The Morgan fingerprint density at radius 2 is 2.21 bits per heavy atom. The molecule has 106 valence electrons. The van der Waals surface area contributed by atoms with Gasteiger partial charge in [0.25, 0.3) is 0 Å². The Labute approximate surface area is 116 Å². The molecule has 2 rings (SSSR count). The van der Waals surface area contributed by atoms with E-state index in [9.17, 15) is 0 Å². The lowest BCUT2D eigenvalue weighted by Gasteiger charge is -2.34. The molecule has 0 radical (unpaired) electrons. The van der Waals surface area contributed by atoms with Crippen LogP contribution in [-0.4, -0.2) is 28.7 Å². The molecule has 1 aromatic heterocycles. The predicted octanol–water partition coefficient (Wildman–Crippen LogP) is 3.18. The van der Waals surface area contributed by atoms with Crippen LogP contribution in [0.3, 0.4) is 0 Å². The molecule has 0 aliphatic carbocycles. The van der Waals surface area contributed by atoms with Gasteiger partial charge in [-0.15, -0.1) is 0 Å². The van der Waals surface area contributed by atoms with E-state index in [0.717, 1.165) is 31.1 Å². The van der Waals surface area contributed by atoms with Crippen molar-refractivity contribution in [1.29, 1.82) is 0 Å². The average molecular weight is 263 g/mol. The highest BCUT2D eigenvalue weighted by atomic mass is 16.5. The second-order valence-electron chi connectivity index (χ2n) is 5.37. The van der Waals surface area contributed by atoms with E-state index in [1.165, 1.54) is 12.8 Å². The van der Waals surface area contributed by atoms with Crippen LogP contribution in [0.5, 0.6) is 0 Å². The maximum atomic E-state index is 5.93. The lowest BCUT2D eigenvalue weighted by Crippen LogP contribution is -2.38. The maximum absolute atomic E-state index is 5.93. The Morgan fingerprint density at radius 3 is 2.89 bits per heavy atom. The molecule has 1 aliphatic heterocycles. The molecular weight excluding hydrogens is 238 g/mol. The van der Waals surface area contributed by atoms with Crippen LogP contribution in [0.4, 0.5) is 5.95 Å². The van der Waals surface area contributed by atoms with Crippen LogP contribution in [0.15, 0.2) is 12.3 Å². The Hall–Kier alpha value is -1.16. The highest BCUT2D eigenvalue weighted by Crippen LogP contribution is 2.26. The standard InChI is InChI=1S/C15H25N3O/c1-4-12(5-2)14-10-13(7-9-19-14)18-15-16-8-6-11(3)17-15/h6,8,12-14H,4-5,7,9-10H2,1-3H3,(H,16,17,18). The van der Waals surface area contributed by atoms with E-state index in [1.807, 2.05) is 19.2 Å². The summed E-state index contributed by atoms with van der Waals surface area (Å²) < 4.78 is 5.93. The molecule has 19 heavy (non-hydrogen) atoms. The second-order valence-corrected chi connectivity index (χ2v) is 5.37. The third-order valence-electron chi connectivity index (χ3n) is 4.02. The Balaban J connectivity index is 1.94. The van der Waals surface area contributed by atoms with Crippen molar-refractivity contribution >= 4 is 5.95 Å². The molecule has 0 aromatic carbocycles. The highest BCUT2D eigenvalue weighted by Gasteiger charge is 2.27. The van der Waals surface area contributed by atoms with Gasteiger partial charge in [0.2, 0.25) is 5.95 Å². The molecule has 2 atom stereocenters. The summed E-state index contributed by atoms with van der Waals surface area (Å²) in [5.74, 6) is 1.42. The summed E-state index contributed by atoms with van der Waals surface area (Å²) in [5, 5.41) is 3.45. The largest absolute Gasteiger partial charge is 0.378 e. The zero-order chi connectivity index (χ0) is 13.7. The smallest absolute Gasteiger partial charge is 0.223 e. The molecule has 4 nitrogen and oxygen atoms in total. The number of aromatic nitrogens is 2. The van der Waals surface area contributed by atoms with E-state index in [0.29, 0.717) is 18.1 Å². The lowest BCUT2D eigenvalue weighted by atomic mass is 9.89. The van der Waals surface area contributed by atoms with Gasteiger partial charge in [0.15, 0.2) is 0 Å². The third-order valence-corrected chi connectivity index (χ3v) is 4.02. The summed E-state index contributed by atoms with van der Waals surface area (Å²) in [5.41, 5.74) is 1.00. The van der Waals surface area contributed by atoms with Gasteiger partial charge in [-0.1, -0.05) is 26.7 Å². The van der Waals surface area contributed by atoms with E-state index >= 15 is 0 Å². The van der Waals surface area contributed by atoms with Gasteiger partial charge in [-0.25, -0.2) is 9.97 Å². The molecule has 0 saturated carbocycles. The van der Waals surface area contributed by atoms with Gasteiger partial charge in [0, 0.05) is 24.5 Å². The van der Waals surface area contributed by atoms with Crippen LogP contribution in [0, 0.1) is 12.8 Å². The number of rotatable bonds is 5. The van der Waals surface area contributed by atoms with Gasteiger partial charge >= 0.3 is 0 Å². The first-order chi connectivity index (χ1) is 9.22. The lowest BCUT2D eigenvalue weighted by molar-refractivity contribution is -0.0271. The van der Waals surface area contributed by atoms with Gasteiger partial charge in [-0.3, -0.25) is 0 Å². The van der Waals surface area contributed by atoms with Crippen LogP contribution in [0.25, 0.3) is 0 Å². The van der Waals surface area contributed by atoms with E-state index in [-0.39, 0.29) is 0 Å². The normalized spacial score (nSPS) is 23.6. The number of hydrogen-bond donors (Lipinski definition) is 1. The number of hydrogen-bond acceptors (Lipinski definition) is 4. The van der Waals surface area contributed by atoms with Crippen LogP contribution in [0.2, 0.25) is 0 Å². The maximum Gasteiger partial charge on any atom is 0.223 e. The third kappa shape index (κ3) is 3.90. The summed E-state index contributed by atoms with van der Waals surface area (Å²) in [6.07, 6.45) is 6.66. The molecule has 0 bridgehead atoms. The molecule has 1 aliphatic rings. The van der Waals surface area contributed by atoms with Crippen LogP contribution >= 0.6 is 0 Å². The molecule has 4 heteroatoms. The van der Waals surface area contributed by atoms with Gasteiger partial charge in [-0.05, 0) is 31.7 Å². The second kappa shape index (κ2) is 6.85. The van der Waals surface area contributed by atoms with E-state index < -0.39 is 0 Å². The van der Waals surface area contributed by atoms with Crippen LogP contribution < -0.4 is 5.32 Å². The molecule has 1 saturated heterocycles. The zero-order valence-electron chi connectivity index (χ0n) is 12.2. The van der Waals surface area contributed by atoms with Crippen molar-refractivity contribution in [3.05, 3.63) is 18.0 Å². The first-order valence-electron chi connectivity index (χ1n) is 7.40. The number of anilines is 1. The topological polar surface area (TPSA) is 47.0 Å². The zero-order valence-corrected chi connectivity index (χ0v) is 12.2. The fraction of sp³-hybridized carbons (Fsp3) is 0.733. The van der Waals surface area contributed by atoms with Crippen molar-refractivity contribution in [3.63, 3.8) is 0 Å². The van der Waals surface area contributed by atoms with E-state index in [4.69, 9.17) is 4.74 Å². The van der Waals surface area contributed by atoms with Gasteiger partial charge in [0.05, 0.1) is 6.10 Å². The minimum atomic E-state index is 0.381. The fourth-order valence-corrected chi connectivity index (χ4v) is 2.80. The van der Waals surface area contributed by atoms with Crippen molar-refractivity contribution in [3.8, 4) is 0 Å². The van der Waals surface area contributed by atoms with E-state index in [2.05, 4.69) is 29.1 Å².